The Hall–Kier alpha value is -1.20. The zero-order valence-corrected chi connectivity index (χ0v) is 16.7. The van der Waals surface area contributed by atoms with E-state index >= 15 is 0 Å². The van der Waals surface area contributed by atoms with Gasteiger partial charge in [0.1, 0.15) is 0 Å². The lowest BCUT2D eigenvalue weighted by Gasteiger charge is -2.11. The molecule has 0 aliphatic rings. The first-order chi connectivity index (χ1) is 10.9. The molecule has 2 heteroatoms. The number of hydrogen-bond acceptors (Lipinski definition) is 1. The molecule has 0 bridgehead atoms. The fourth-order valence-corrected chi connectivity index (χ4v) is 2.98. The number of aryl methyl sites for hydroxylation is 2. The second kappa shape index (κ2) is 9.83. The average Bonchev–Trinajstić information content (AvgIpc) is 2.50. The molecule has 0 fully saturated rings. The normalized spacial score (nSPS) is 12.6. The van der Waals surface area contributed by atoms with Gasteiger partial charge in [-0.3, -0.25) is 4.99 Å². The van der Waals surface area contributed by atoms with Gasteiger partial charge in [-0.15, -0.1) is 9.24 Å². The Morgan fingerprint density at radius 2 is 1.96 bits per heavy atom. The van der Waals surface area contributed by atoms with Crippen molar-refractivity contribution in [1.29, 1.82) is 0 Å². The molecule has 0 aliphatic carbocycles. The molecule has 1 aromatic rings. The first kappa shape index (κ1) is 19.8. The summed E-state index contributed by atoms with van der Waals surface area (Å²) in [5, 5.41) is 1.25. The van der Waals surface area contributed by atoms with Crippen molar-refractivity contribution in [3.05, 3.63) is 46.5 Å². The molecular weight excluding hydrogens is 297 g/mol. The minimum atomic E-state index is 0.866. The Morgan fingerprint density at radius 1 is 1.26 bits per heavy atom. The summed E-state index contributed by atoms with van der Waals surface area (Å²) in [6.07, 6.45) is 6.55. The van der Waals surface area contributed by atoms with E-state index in [4.69, 9.17) is 0 Å². The van der Waals surface area contributed by atoms with E-state index in [1.165, 1.54) is 39.7 Å². The molecule has 0 saturated carbocycles. The lowest BCUT2D eigenvalue weighted by molar-refractivity contribution is 0.806. The summed E-state index contributed by atoms with van der Waals surface area (Å²) < 4.78 is 0. The number of benzene rings is 1. The molecule has 1 rings (SSSR count). The Labute approximate surface area is 145 Å². The van der Waals surface area contributed by atoms with Crippen molar-refractivity contribution < 1.29 is 0 Å². The van der Waals surface area contributed by atoms with Gasteiger partial charge in [0.2, 0.25) is 0 Å². The van der Waals surface area contributed by atoms with E-state index in [-0.39, 0.29) is 0 Å². The van der Waals surface area contributed by atoms with Crippen molar-refractivity contribution in [2.75, 3.05) is 6.54 Å². The van der Waals surface area contributed by atoms with Crippen molar-refractivity contribution >= 4 is 26.3 Å². The fraction of sp³-hybridized carbons (Fsp3) is 0.476. The van der Waals surface area contributed by atoms with Gasteiger partial charge >= 0.3 is 0 Å². The highest BCUT2D eigenvalue weighted by Gasteiger charge is 2.05. The lowest BCUT2D eigenvalue weighted by Crippen LogP contribution is -2.03. The van der Waals surface area contributed by atoms with Crippen LogP contribution >= 0.6 is 9.24 Å². The van der Waals surface area contributed by atoms with E-state index in [1.54, 1.807) is 0 Å². The summed E-state index contributed by atoms with van der Waals surface area (Å²) in [5.74, 6) is 0. The van der Waals surface area contributed by atoms with Gasteiger partial charge < -0.3 is 0 Å². The van der Waals surface area contributed by atoms with Crippen LogP contribution in [-0.2, 0) is 6.42 Å². The van der Waals surface area contributed by atoms with E-state index in [1.807, 2.05) is 0 Å². The van der Waals surface area contributed by atoms with Gasteiger partial charge in [0.25, 0.3) is 0 Å². The molecule has 0 radical (unpaired) electrons. The SMILES string of the molecule is C=C(C/C(C)=N\CCCC)/C(C)=C/c1cc(CC)c(C)cc1P. The molecule has 0 aromatic heterocycles. The quantitative estimate of drug-likeness (QED) is 0.252. The minimum absolute atomic E-state index is 0.866. The number of aliphatic imine (C=N–C) groups is 1. The number of rotatable bonds is 8. The first-order valence-corrected chi connectivity index (χ1v) is 9.22. The topological polar surface area (TPSA) is 12.4 Å². The summed E-state index contributed by atoms with van der Waals surface area (Å²) in [5.41, 5.74) is 7.63. The van der Waals surface area contributed by atoms with Crippen LogP contribution in [0.1, 0.15) is 63.6 Å². The number of allylic oxidation sites excluding steroid dienone is 2. The zero-order valence-electron chi connectivity index (χ0n) is 15.5. The molecule has 0 spiro atoms. The van der Waals surface area contributed by atoms with Crippen LogP contribution in [0, 0.1) is 6.92 Å². The predicted octanol–water partition coefficient (Wildman–Crippen LogP) is 5.67. The molecule has 0 heterocycles. The third kappa shape index (κ3) is 6.43. The maximum atomic E-state index is 4.62. The second-order valence-electron chi connectivity index (χ2n) is 6.34. The highest BCUT2D eigenvalue weighted by molar-refractivity contribution is 7.27. The van der Waals surface area contributed by atoms with E-state index in [2.05, 4.69) is 73.6 Å². The highest BCUT2D eigenvalue weighted by Crippen LogP contribution is 2.19. The number of hydrogen-bond donors (Lipinski definition) is 0. The molecule has 1 unspecified atom stereocenters. The van der Waals surface area contributed by atoms with Gasteiger partial charge in [-0.2, -0.15) is 0 Å². The van der Waals surface area contributed by atoms with Crippen LogP contribution in [-0.4, -0.2) is 12.3 Å². The fourth-order valence-electron chi connectivity index (χ4n) is 2.57. The number of unbranched alkanes of at least 4 members (excludes halogenated alkanes) is 1. The molecule has 0 saturated heterocycles. The van der Waals surface area contributed by atoms with Crippen LogP contribution in [0.25, 0.3) is 6.08 Å². The third-order valence-corrected chi connectivity index (χ3v) is 4.71. The van der Waals surface area contributed by atoms with Crippen LogP contribution in [0.5, 0.6) is 0 Å². The predicted molar refractivity (Wildman–Crippen MR) is 110 cm³/mol. The lowest BCUT2D eigenvalue weighted by atomic mass is 9.98. The second-order valence-corrected chi connectivity index (χ2v) is 6.96. The maximum absolute atomic E-state index is 4.62. The van der Waals surface area contributed by atoms with Crippen LogP contribution in [0.4, 0.5) is 0 Å². The van der Waals surface area contributed by atoms with Gasteiger partial charge in [-0.05, 0) is 66.8 Å². The summed E-state index contributed by atoms with van der Waals surface area (Å²) >= 11 is 0. The molecule has 23 heavy (non-hydrogen) atoms. The van der Waals surface area contributed by atoms with Crippen molar-refractivity contribution in [1.82, 2.24) is 0 Å². The molecule has 1 atom stereocenters. The average molecular weight is 329 g/mol. The van der Waals surface area contributed by atoms with E-state index < -0.39 is 0 Å². The first-order valence-electron chi connectivity index (χ1n) is 8.64. The molecule has 126 valence electrons. The molecule has 1 nitrogen and oxygen atoms in total. The van der Waals surface area contributed by atoms with Crippen LogP contribution in [0.3, 0.4) is 0 Å². The van der Waals surface area contributed by atoms with Gasteiger partial charge in [0, 0.05) is 18.7 Å². The van der Waals surface area contributed by atoms with E-state index in [0.717, 1.165) is 31.4 Å². The van der Waals surface area contributed by atoms with Crippen LogP contribution in [0.15, 0.2) is 34.9 Å². The molecule has 1 aromatic carbocycles. The largest absolute Gasteiger partial charge is 0.294 e. The Morgan fingerprint density at radius 3 is 2.57 bits per heavy atom. The van der Waals surface area contributed by atoms with Gasteiger partial charge in [0.15, 0.2) is 0 Å². The molecule has 0 aliphatic heterocycles. The maximum Gasteiger partial charge on any atom is 0.0388 e. The van der Waals surface area contributed by atoms with Crippen LogP contribution in [0.2, 0.25) is 0 Å². The monoisotopic (exact) mass is 329 g/mol. The van der Waals surface area contributed by atoms with Crippen molar-refractivity contribution in [2.24, 2.45) is 4.99 Å². The van der Waals surface area contributed by atoms with Crippen molar-refractivity contribution in [2.45, 2.75) is 60.3 Å². The standard InChI is InChI=1S/C21H32NP/c1-7-9-10-22-18(6)11-15(3)16(4)12-20-14-19(8-2)17(5)13-21(20)23/h12-14H,3,7-11,23H2,1-2,4-6H3/b16-12+,22-18-. The number of nitrogens with zero attached hydrogens (tertiary/aromatic N) is 1. The third-order valence-electron chi connectivity index (χ3n) is 4.21. The smallest absolute Gasteiger partial charge is 0.0388 e. The minimum Gasteiger partial charge on any atom is -0.294 e. The Bertz CT molecular complexity index is 609. The van der Waals surface area contributed by atoms with E-state index in [9.17, 15) is 0 Å². The van der Waals surface area contributed by atoms with Crippen molar-refractivity contribution in [3.63, 3.8) is 0 Å². The van der Waals surface area contributed by atoms with E-state index in [0.29, 0.717) is 0 Å². The molecule has 0 N–H and O–H groups in total. The Kier molecular flexibility index (Phi) is 8.48. The van der Waals surface area contributed by atoms with Gasteiger partial charge in [0.05, 0.1) is 0 Å². The van der Waals surface area contributed by atoms with Crippen LogP contribution < -0.4 is 5.30 Å². The van der Waals surface area contributed by atoms with Gasteiger partial charge in [-0.25, -0.2) is 0 Å². The molecule has 0 amide bonds. The summed E-state index contributed by atoms with van der Waals surface area (Å²) in [7, 11) is 2.85. The molecular formula is C21H32NP. The zero-order chi connectivity index (χ0) is 17.4. The highest BCUT2D eigenvalue weighted by atomic mass is 31.0. The summed E-state index contributed by atoms with van der Waals surface area (Å²) in [6.45, 7) is 16.0. The summed E-state index contributed by atoms with van der Waals surface area (Å²) in [4.78, 5) is 4.62. The summed E-state index contributed by atoms with van der Waals surface area (Å²) in [6, 6.07) is 4.56. The van der Waals surface area contributed by atoms with Crippen molar-refractivity contribution in [3.8, 4) is 0 Å². The van der Waals surface area contributed by atoms with Gasteiger partial charge in [-0.1, -0.05) is 45.1 Å². The Balaban J connectivity index is 2.87.